The molecule has 1 N–H and O–H groups in total. The summed E-state index contributed by atoms with van der Waals surface area (Å²) in [6, 6.07) is 7.27. The molecule has 1 unspecified atom stereocenters. The number of nitrogens with zero attached hydrogens (tertiary/aromatic N) is 1. The second-order valence-electron chi connectivity index (χ2n) is 5.11. The van der Waals surface area contributed by atoms with Crippen LogP contribution in [0.2, 0.25) is 5.02 Å². The van der Waals surface area contributed by atoms with Crippen LogP contribution in [0.1, 0.15) is 23.5 Å². The van der Waals surface area contributed by atoms with Gasteiger partial charge in [-0.15, -0.1) is 0 Å². The summed E-state index contributed by atoms with van der Waals surface area (Å²) in [4.78, 5) is 16.6. The number of rotatable bonds is 2. The minimum Gasteiger partial charge on any atom is -0.493 e. The normalized spacial score (nSPS) is 16.8. The van der Waals surface area contributed by atoms with Gasteiger partial charge in [0.1, 0.15) is 5.75 Å². The zero-order valence-electron chi connectivity index (χ0n) is 11.6. The molecule has 1 aliphatic rings. The monoisotopic (exact) mass is 302 g/mol. The van der Waals surface area contributed by atoms with Crippen LogP contribution in [0, 0.1) is 6.92 Å². The topological polar surface area (TPSA) is 51.2 Å². The first-order chi connectivity index (χ1) is 10.1. The van der Waals surface area contributed by atoms with Crippen LogP contribution >= 0.6 is 11.6 Å². The molecule has 0 aliphatic carbocycles. The van der Waals surface area contributed by atoms with Gasteiger partial charge in [0.25, 0.3) is 0 Å². The van der Waals surface area contributed by atoms with Gasteiger partial charge in [0.05, 0.1) is 24.4 Å². The Labute approximate surface area is 128 Å². The minimum absolute atomic E-state index is 0.0609. The van der Waals surface area contributed by atoms with E-state index in [4.69, 9.17) is 16.3 Å². The van der Waals surface area contributed by atoms with E-state index < -0.39 is 0 Å². The van der Waals surface area contributed by atoms with Crippen molar-refractivity contribution in [2.75, 3.05) is 11.9 Å². The fraction of sp³-hybridized carbons (Fsp3) is 0.250. The third-order valence-electron chi connectivity index (χ3n) is 3.47. The first kappa shape index (κ1) is 13.9. The Bertz CT molecular complexity index is 688. The van der Waals surface area contributed by atoms with Gasteiger partial charge in [-0.2, -0.15) is 0 Å². The molecule has 1 amide bonds. The van der Waals surface area contributed by atoms with E-state index in [-0.39, 0.29) is 11.8 Å². The van der Waals surface area contributed by atoms with Crippen molar-refractivity contribution >= 4 is 23.2 Å². The lowest BCUT2D eigenvalue weighted by molar-refractivity contribution is -0.118. The average Bonchev–Trinajstić information content (AvgIpc) is 2.46. The van der Waals surface area contributed by atoms with Crippen molar-refractivity contribution < 1.29 is 9.53 Å². The number of aryl methyl sites for hydroxylation is 1. The van der Waals surface area contributed by atoms with Gasteiger partial charge in [0.15, 0.2) is 0 Å². The maximum atomic E-state index is 12.5. The fourth-order valence-corrected chi connectivity index (χ4v) is 2.67. The first-order valence-electron chi connectivity index (χ1n) is 6.78. The van der Waals surface area contributed by atoms with Crippen LogP contribution in [-0.2, 0) is 4.79 Å². The van der Waals surface area contributed by atoms with Gasteiger partial charge in [-0.1, -0.05) is 11.6 Å². The fourth-order valence-electron chi connectivity index (χ4n) is 2.49. The third kappa shape index (κ3) is 3.00. The van der Waals surface area contributed by atoms with Crippen molar-refractivity contribution in [2.45, 2.75) is 19.3 Å². The molecular weight excluding hydrogens is 288 g/mol. The van der Waals surface area contributed by atoms with Crippen LogP contribution in [0.15, 0.2) is 36.7 Å². The molecule has 2 aromatic rings. The SMILES string of the molecule is Cc1cncc(NC(=O)C2CCOc3ccc(Cl)cc32)c1. The summed E-state index contributed by atoms with van der Waals surface area (Å²) < 4.78 is 5.58. The van der Waals surface area contributed by atoms with E-state index in [1.807, 2.05) is 19.1 Å². The smallest absolute Gasteiger partial charge is 0.232 e. The summed E-state index contributed by atoms with van der Waals surface area (Å²) in [5.74, 6) is 0.412. The van der Waals surface area contributed by atoms with Gasteiger partial charge >= 0.3 is 0 Å². The highest BCUT2D eigenvalue weighted by Gasteiger charge is 2.28. The molecule has 0 saturated heterocycles. The number of carbonyl (C=O) groups excluding carboxylic acids is 1. The Hall–Kier alpha value is -2.07. The Morgan fingerprint density at radius 1 is 1.38 bits per heavy atom. The van der Waals surface area contributed by atoms with Crippen molar-refractivity contribution in [1.29, 1.82) is 0 Å². The number of ether oxygens (including phenoxy) is 1. The van der Waals surface area contributed by atoms with E-state index >= 15 is 0 Å². The van der Waals surface area contributed by atoms with Crippen molar-refractivity contribution in [3.05, 3.63) is 52.8 Å². The molecule has 0 fully saturated rings. The van der Waals surface area contributed by atoms with Crippen LogP contribution in [0.25, 0.3) is 0 Å². The largest absolute Gasteiger partial charge is 0.493 e. The number of benzene rings is 1. The molecule has 1 aromatic heterocycles. The second kappa shape index (κ2) is 5.74. The molecule has 2 heterocycles. The van der Waals surface area contributed by atoms with Crippen LogP contribution in [0.5, 0.6) is 5.75 Å². The molecule has 5 heteroatoms. The van der Waals surface area contributed by atoms with Crippen molar-refractivity contribution in [3.8, 4) is 5.75 Å². The highest BCUT2D eigenvalue weighted by molar-refractivity contribution is 6.30. The van der Waals surface area contributed by atoms with E-state index in [2.05, 4.69) is 10.3 Å². The molecule has 3 rings (SSSR count). The molecule has 0 saturated carbocycles. The Kier molecular flexibility index (Phi) is 3.80. The van der Waals surface area contributed by atoms with E-state index in [0.29, 0.717) is 23.7 Å². The number of amides is 1. The van der Waals surface area contributed by atoms with Crippen LogP contribution in [0.3, 0.4) is 0 Å². The zero-order valence-corrected chi connectivity index (χ0v) is 12.4. The Morgan fingerprint density at radius 2 is 2.24 bits per heavy atom. The Balaban J connectivity index is 1.85. The third-order valence-corrected chi connectivity index (χ3v) is 3.71. The molecule has 0 bridgehead atoms. The summed E-state index contributed by atoms with van der Waals surface area (Å²) in [6.07, 6.45) is 4.03. The molecule has 108 valence electrons. The Morgan fingerprint density at radius 3 is 3.05 bits per heavy atom. The maximum Gasteiger partial charge on any atom is 0.232 e. The van der Waals surface area contributed by atoms with Gasteiger partial charge < -0.3 is 10.1 Å². The molecule has 0 radical (unpaired) electrons. The number of pyridine rings is 1. The van der Waals surface area contributed by atoms with Crippen LogP contribution in [0.4, 0.5) is 5.69 Å². The molecule has 0 spiro atoms. The minimum atomic E-state index is -0.257. The van der Waals surface area contributed by atoms with Gasteiger partial charge in [-0.25, -0.2) is 0 Å². The lowest BCUT2D eigenvalue weighted by Gasteiger charge is -2.25. The number of anilines is 1. The molecule has 21 heavy (non-hydrogen) atoms. The van der Waals surface area contributed by atoms with Crippen molar-refractivity contribution in [1.82, 2.24) is 4.98 Å². The van der Waals surface area contributed by atoms with E-state index in [1.165, 1.54) is 0 Å². The lowest BCUT2D eigenvalue weighted by Crippen LogP contribution is -2.26. The van der Waals surface area contributed by atoms with Crippen molar-refractivity contribution in [2.24, 2.45) is 0 Å². The molecule has 1 atom stereocenters. The van der Waals surface area contributed by atoms with Crippen LogP contribution in [-0.4, -0.2) is 17.5 Å². The number of halogens is 1. The predicted octanol–water partition coefficient (Wildman–Crippen LogP) is 3.55. The second-order valence-corrected chi connectivity index (χ2v) is 5.55. The van der Waals surface area contributed by atoms with Gasteiger partial charge in [-0.3, -0.25) is 9.78 Å². The number of carbonyl (C=O) groups is 1. The molecule has 1 aromatic carbocycles. The van der Waals surface area contributed by atoms with Gasteiger partial charge in [0, 0.05) is 16.8 Å². The number of nitrogens with one attached hydrogen (secondary N) is 1. The van der Waals surface area contributed by atoms with E-state index in [9.17, 15) is 4.79 Å². The van der Waals surface area contributed by atoms with Crippen molar-refractivity contribution in [3.63, 3.8) is 0 Å². The average molecular weight is 303 g/mol. The molecule has 4 nitrogen and oxygen atoms in total. The van der Waals surface area contributed by atoms with Crippen LogP contribution < -0.4 is 10.1 Å². The standard InChI is InChI=1S/C16H15ClN2O2/c1-10-6-12(9-18-8-10)19-16(20)13-4-5-21-15-3-2-11(17)7-14(13)15/h2-3,6-9,13H,4-5H2,1H3,(H,19,20). The highest BCUT2D eigenvalue weighted by Crippen LogP contribution is 2.36. The lowest BCUT2D eigenvalue weighted by atomic mass is 9.92. The molecular formula is C16H15ClN2O2. The summed E-state index contributed by atoms with van der Waals surface area (Å²) in [7, 11) is 0. The molecule has 1 aliphatic heterocycles. The first-order valence-corrected chi connectivity index (χ1v) is 7.16. The summed E-state index contributed by atoms with van der Waals surface area (Å²) in [5.41, 5.74) is 2.55. The quantitative estimate of drug-likeness (QED) is 0.923. The number of hydrogen-bond acceptors (Lipinski definition) is 3. The summed E-state index contributed by atoms with van der Waals surface area (Å²) in [6.45, 7) is 2.46. The zero-order chi connectivity index (χ0) is 14.8. The summed E-state index contributed by atoms with van der Waals surface area (Å²) in [5, 5.41) is 3.52. The predicted molar refractivity (Wildman–Crippen MR) is 81.9 cm³/mol. The van der Waals surface area contributed by atoms with E-state index in [0.717, 1.165) is 16.9 Å². The highest BCUT2D eigenvalue weighted by atomic mass is 35.5. The van der Waals surface area contributed by atoms with E-state index in [1.54, 1.807) is 24.5 Å². The summed E-state index contributed by atoms with van der Waals surface area (Å²) >= 11 is 6.03. The number of hydrogen-bond donors (Lipinski definition) is 1. The maximum absolute atomic E-state index is 12.5. The van der Waals surface area contributed by atoms with Gasteiger partial charge in [-0.05, 0) is 43.2 Å². The number of fused-ring (bicyclic) bond motifs is 1. The number of aromatic nitrogens is 1. The van der Waals surface area contributed by atoms with Gasteiger partial charge in [0.2, 0.25) is 5.91 Å².